The number of carbonyl (C=O) groups excluding carboxylic acids is 1. The Kier molecular flexibility index (Phi) is 5.60. The number of hydrogen-bond acceptors (Lipinski definition) is 4. The average Bonchev–Trinajstić information content (AvgIpc) is 2.92. The predicted molar refractivity (Wildman–Crippen MR) is 72.8 cm³/mol. The van der Waals surface area contributed by atoms with Crippen molar-refractivity contribution < 1.29 is 14.6 Å². The van der Waals surface area contributed by atoms with Crippen LogP contribution in [0.5, 0.6) is 0 Å². The summed E-state index contributed by atoms with van der Waals surface area (Å²) in [6.07, 6.45) is 2.91. The van der Waals surface area contributed by atoms with Crippen molar-refractivity contribution in [2.75, 3.05) is 39.5 Å². The van der Waals surface area contributed by atoms with Gasteiger partial charge in [0.2, 0.25) is 5.91 Å². The van der Waals surface area contributed by atoms with Gasteiger partial charge >= 0.3 is 0 Å². The van der Waals surface area contributed by atoms with Crippen molar-refractivity contribution in [1.82, 2.24) is 10.2 Å². The minimum absolute atomic E-state index is 0.0303. The van der Waals surface area contributed by atoms with Gasteiger partial charge in [0, 0.05) is 25.7 Å². The Labute approximate surface area is 115 Å². The summed E-state index contributed by atoms with van der Waals surface area (Å²) >= 11 is 0. The number of amides is 1. The van der Waals surface area contributed by atoms with Gasteiger partial charge in [-0.3, -0.25) is 4.79 Å². The van der Waals surface area contributed by atoms with Crippen LogP contribution in [0.15, 0.2) is 0 Å². The highest BCUT2D eigenvalue weighted by Crippen LogP contribution is 2.22. The maximum atomic E-state index is 12.5. The smallest absolute Gasteiger partial charge is 0.229 e. The van der Waals surface area contributed by atoms with E-state index in [1.54, 1.807) is 0 Å². The molecule has 110 valence electrons. The number of piperidine rings is 1. The number of aliphatic hydroxyl groups is 1. The van der Waals surface area contributed by atoms with Gasteiger partial charge in [0.05, 0.1) is 19.1 Å². The Bertz CT molecular complexity index is 290. The van der Waals surface area contributed by atoms with Crippen molar-refractivity contribution >= 4 is 5.91 Å². The van der Waals surface area contributed by atoms with E-state index in [-0.39, 0.29) is 24.5 Å². The van der Waals surface area contributed by atoms with E-state index in [1.807, 2.05) is 4.90 Å². The van der Waals surface area contributed by atoms with E-state index in [0.717, 1.165) is 38.9 Å². The molecule has 19 heavy (non-hydrogen) atoms. The number of nitrogens with one attached hydrogen (secondary N) is 1. The number of ether oxygens (including phenoxy) is 1. The molecule has 2 saturated heterocycles. The van der Waals surface area contributed by atoms with Gasteiger partial charge in [-0.2, -0.15) is 0 Å². The Morgan fingerprint density at radius 3 is 2.74 bits per heavy atom. The number of aliphatic hydroxyl groups excluding tert-OH is 1. The molecule has 0 bridgehead atoms. The fourth-order valence-corrected chi connectivity index (χ4v) is 2.90. The van der Waals surface area contributed by atoms with Gasteiger partial charge in [0.25, 0.3) is 0 Å². The van der Waals surface area contributed by atoms with E-state index >= 15 is 0 Å². The van der Waals surface area contributed by atoms with Gasteiger partial charge in [0.15, 0.2) is 0 Å². The molecule has 2 atom stereocenters. The van der Waals surface area contributed by atoms with Gasteiger partial charge in [-0.05, 0) is 31.7 Å². The van der Waals surface area contributed by atoms with Crippen LogP contribution in [0, 0.1) is 11.8 Å². The third kappa shape index (κ3) is 3.68. The molecule has 5 nitrogen and oxygen atoms in total. The zero-order valence-corrected chi connectivity index (χ0v) is 11.8. The van der Waals surface area contributed by atoms with Crippen molar-refractivity contribution in [3.8, 4) is 0 Å². The van der Waals surface area contributed by atoms with Crippen LogP contribution in [0.4, 0.5) is 0 Å². The zero-order chi connectivity index (χ0) is 13.7. The summed E-state index contributed by atoms with van der Waals surface area (Å²) < 4.78 is 5.47. The minimum atomic E-state index is -0.0303. The summed E-state index contributed by atoms with van der Waals surface area (Å²) in [6.45, 7) is 6.05. The quantitative estimate of drug-likeness (QED) is 0.751. The SMILES string of the molecule is CCCNC1COCC1C(=O)N1CCC(CO)CC1. The molecule has 2 aliphatic rings. The second-order valence-electron chi connectivity index (χ2n) is 5.66. The maximum Gasteiger partial charge on any atom is 0.229 e. The Hall–Kier alpha value is -0.650. The lowest BCUT2D eigenvalue weighted by molar-refractivity contribution is -0.137. The molecule has 2 N–H and O–H groups in total. The van der Waals surface area contributed by atoms with E-state index in [2.05, 4.69) is 12.2 Å². The Morgan fingerprint density at radius 1 is 1.37 bits per heavy atom. The lowest BCUT2D eigenvalue weighted by Crippen LogP contribution is -2.48. The van der Waals surface area contributed by atoms with E-state index in [1.165, 1.54) is 0 Å². The summed E-state index contributed by atoms with van der Waals surface area (Å²) in [4.78, 5) is 14.5. The molecule has 2 unspecified atom stereocenters. The van der Waals surface area contributed by atoms with Gasteiger partial charge < -0.3 is 20.1 Å². The number of nitrogens with zero attached hydrogens (tertiary/aromatic N) is 1. The predicted octanol–water partition coefficient (Wildman–Crippen LogP) is 0.232. The first-order valence-electron chi connectivity index (χ1n) is 7.47. The van der Waals surface area contributed by atoms with Gasteiger partial charge in [-0.1, -0.05) is 6.92 Å². The summed E-state index contributed by atoms with van der Waals surface area (Å²) in [6, 6.07) is 0.169. The average molecular weight is 270 g/mol. The highest BCUT2D eigenvalue weighted by Gasteiger charge is 2.37. The molecule has 0 aromatic carbocycles. The second-order valence-corrected chi connectivity index (χ2v) is 5.66. The third-order valence-electron chi connectivity index (χ3n) is 4.24. The summed E-state index contributed by atoms with van der Waals surface area (Å²) in [5.41, 5.74) is 0. The van der Waals surface area contributed by atoms with Crippen LogP contribution in [-0.4, -0.2) is 61.4 Å². The molecule has 2 aliphatic heterocycles. The van der Waals surface area contributed by atoms with Crippen molar-refractivity contribution in [2.24, 2.45) is 11.8 Å². The molecule has 0 aromatic rings. The summed E-state index contributed by atoms with van der Waals surface area (Å²) in [5.74, 6) is 0.567. The highest BCUT2D eigenvalue weighted by atomic mass is 16.5. The number of likely N-dealkylation sites (tertiary alicyclic amines) is 1. The normalized spacial score (nSPS) is 28.8. The molecule has 0 aromatic heterocycles. The van der Waals surface area contributed by atoms with Gasteiger partial charge in [0.1, 0.15) is 0 Å². The van der Waals surface area contributed by atoms with Crippen LogP contribution < -0.4 is 5.32 Å². The Morgan fingerprint density at radius 2 is 2.11 bits per heavy atom. The van der Waals surface area contributed by atoms with Crippen molar-refractivity contribution in [3.63, 3.8) is 0 Å². The molecule has 0 radical (unpaired) electrons. The van der Waals surface area contributed by atoms with E-state index in [0.29, 0.717) is 19.1 Å². The van der Waals surface area contributed by atoms with Gasteiger partial charge in [-0.15, -0.1) is 0 Å². The summed E-state index contributed by atoms with van der Waals surface area (Å²) in [7, 11) is 0. The van der Waals surface area contributed by atoms with Crippen LogP contribution >= 0.6 is 0 Å². The first kappa shape index (κ1) is 14.8. The van der Waals surface area contributed by atoms with E-state index in [9.17, 15) is 4.79 Å². The monoisotopic (exact) mass is 270 g/mol. The number of rotatable bonds is 5. The molecule has 0 saturated carbocycles. The maximum absolute atomic E-state index is 12.5. The zero-order valence-electron chi connectivity index (χ0n) is 11.8. The molecule has 2 rings (SSSR count). The molecular weight excluding hydrogens is 244 g/mol. The third-order valence-corrected chi connectivity index (χ3v) is 4.24. The van der Waals surface area contributed by atoms with Crippen molar-refractivity contribution in [3.05, 3.63) is 0 Å². The van der Waals surface area contributed by atoms with Gasteiger partial charge in [-0.25, -0.2) is 0 Å². The van der Waals surface area contributed by atoms with Crippen LogP contribution in [0.25, 0.3) is 0 Å². The summed E-state index contributed by atoms with van der Waals surface area (Å²) in [5, 5.41) is 12.5. The molecule has 0 aliphatic carbocycles. The number of hydrogen-bond donors (Lipinski definition) is 2. The first-order chi connectivity index (χ1) is 9.26. The molecule has 0 spiro atoms. The minimum Gasteiger partial charge on any atom is -0.396 e. The van der Waals surface area contributed by atoms with Crippen LogP contribution in [-0.2, 0) is 9.53 Å². The molecule has 1 amide bonds. The fraction of sp³-hybridized carbons (Fsp3) is 0.929. The standard InChI is InChI=1S/C14H26N2O3/c1-2-5-15-13-10-19-9-12(13)14(18)16-6-3-11(8-17)4-7-16/h11-13,15,17H,2-10H2,1H3. The van der Waals surface area contributed by atoms with Crippen molar-refractivity contribution in [1.29, 1.82) is 0 Å². The van der Waals surface area contributed by atoms with Crippen molar-refractivity contribution in [2.45, 2.75) is 32.2 Å². The topological polar surface area (TPSA) is 61.8 Å². The molecule has 2 fully saturated rings. The molecule has 2 heterocycles. The number of carbonyl (C=O) groups is 1. The van der Waals surface area contributed by atoms with Crippen LogP contribution in [0.1, 0.15) is 26.2 Å². The van der Waals surface area contributed by atoms with E-state index < -0.39 is 0 Å². The lowest BCUT2D eigenvalue weighted by atomic mass is 9.95. The largest absolute Gasteiger partial charge is 0.396 e. The molecule has 5 heteroatoms. The fourth-order valence-electron chi connectivity index (χ4n) is 2.90. The van der Waals surface area contributed by atoms with Crippen LogP contribution in [0.2, 0.25) is 0 Å². The van der Waals surface area contributed by atoms with E-state index in [4.69, 9.17) is 9.84 Å². The highest BCUT2D eigenvalue weighted by molar-refractivity contribution is 5.80. The molecular formula is C14H26N2O3. The van der Waals surface area contributed by atoms with Crippen LogP contribution in [0.3, 0.4) is 0 Å². The first-order valence-corrected chi connectivity index (χ1v) is 7.47. The Balaban J connectivity index is 1.85. The lowest BCUT2D eigenvalue weighted by Gasteiger charge is -2.33. The second kappa shape index (κ2) is 7.22.